The van der Waals surface area contributed by atoms with Crippen molar-refractivity contribution < 1.29 is 0 Å². The predicted molar refractivity (Wildman–Crippen MR) is 48.8 cm³/mol. The second kappa shape index (κ2) is 2.86. The van der Waals surface area contributed by atoms with Crippen LogP contribution >= 0.6 is 25.2 Å². The van der Waals surface area contributed by atoms with E-state index in [0.717, 1.165) is 12.0 Å². The van der Waals surface area contributed by atoms with Crippen LogP contribution in [0.2, 0.25) is 0 Å². The molecule has 1 aliphatic carbocycles. The van der Waals surface area contributed by atoms with E-state index in [4.69, 9.17) is 5.26 Å². The van der Waals surface area contributed by atoms with Gasteiger partial charge in [0.15, 0.2) is 0 Å². The molecule has 0 bridgehead atoms. The van der Waals surface area contributed by atoms with Crippen LogP contribution in [0.1, 0.15) is 6.42 Å². The van der Waals surface area contributed by atoms with Crippen molar-refractivity contribution in [2.24, 2.45) is 0 Å². The molecule has 0 heterocycles. The van der Waals surface area contributed by atoms with Gasteiger partial charge in [0.1, 0.15) is 0 Å². The number of rotatable bonds is 0. The lowest BCUT2D eigenvalue weighted by Crippen LogP contribution is -2.08. The molecule has 0 aromatic heterocycles. The van der Waals surface area contributed by atoms with Gasteiger partial charge in [-0.1, -0.05) is 22.0 Å². The average Bonchev–Trinajstić information content (AvgIpc) is 1.86. The molecule has 2 atom stereocenters. The lowest BCUT2D eigenvalue weighted by atomic mass is 10.1. The normalized spacial score (nSPS) is 31.1. The van der Waals surface area contributed by atoms with Crippen LogP contribution in [0.5, 0.6) is 0 Å². The van der Waals surface area contributed by atoms with E-state index in [1.54, 1.807) is 0 Å². The summed E-state index contributed by atoms with van der Waals surface area (Å²) in [5.74, 6) is 0. The van der Waals surface area contributed by atoms with Gasteiger partial charge in [-0.05, 0) is 18.6 Å². The van der Waals surface area contributed by atoms with Gasteiger partial charge in [0.05, 0.1) is 10.1 Å². The van der Waals surface area contributed by atoms with E-state index in [0.29, 0.717) is 0 Å². The quantitative estimate of drug-likeness (QED) is 0.450. The van der Waals surface area contributed by atoms with Crippen LogP contribution in [0, 0.1) is 11.3 Å². The zero-order valence-electron chi connectivity index (χ0n) is 5.34. The molecule has 52 valence electrons. The average molecular weight is 216 g/mol. The van der Waals surface area contributed by atoms with Crippen LogP contribution in [0.25, 0.3) is 0 Å². The van der Waals surface area contributed by atoms with E-state index in [9.17, 15) is 0 Å². The molecular weight excluding hydrogens is 209 g/mol. The fourth-order valence-electron chi connectivity index (χ4n) is 0.802. The van der Waals surface area contributed by atoms with Gasteiger partial charge in [-0.15, -0.1) is 9.24 Å². The van der Waals surface area contributed by atoms with Crippen molar-refractivity contribution in [3.63, 3.8) is 0 Å². The number of halogens is 1. The van der Waals surface area contributed by atoms with E-state index in [1.807, 2.05) is 18.2 Å². The van der Waals surface area contributed by atoms with Crippen molar-refractivity contribution in [2.75, 3.05) is 0 Å². The SMILES string of the molecule is N#CC1=CC(P)(Br)CC=C1. The number of hydrogen-bond donors (Lipinski definition) is 0. The van der Waals surface area contributed by atoms with Crippen LogP contribution in [-0.2, 0) is 0 Å². The summed E-state index contributed by atoms with van der Waals surface area (Å²) in [4.78, 5) is 0. The van der Waals surface area contributed by atoms with Gasteiger partial charge in [0, 0.05) is 5.57 Å². The van der Waals surface area contributed by atoms with E-state index in [2.05, 4.69) is 31.2 Å². The number of alkyl halides is 1. The fraction of sp³-hybridized carbons (Fsp3) is 0.286. The molecule has 0 radical (unpaired) electrons. The molecule has 10 heavy (non-hydrogen) atoms. The van der Waals surface area contributed by atoms with Gasteiger partial charge >= 0.3 is 0 Å². The molecule has 2 unspecified atom stereocenters. The van der Waals surface area contributed by atoms with Gasteiger partial charge in [0.2, 0.25) is 0 Å². The Hall–Kier alpha value is -0.120. The van der Waals surface area contributed by atoms with Crippen molar-refractivity contribution in [2.45, 2.75) is 10.5 Å². The van der Waals surface area contributed by atoms with Crippen molar-refractivity contribution in [3.05, 3.63) is 23.8 Å². The summed E-state index contributed by atoms with van der Waals surface area (Å²) < 4.78 is -0.0905. The van der Waals surface area contributed by atoms with Crippen molar-refractivity contribution in [1.29, 1.82) is 5.26 Å². The van der Waals surface area contributed by atoms with Gasteiger partial charge in [-0.3, -0.25) is 0 Å². The maximum absolute atomic E-state index is 8.52. The summed E-state index contributed by atoms with van der Waals surface area (Å²) in [6.07, 6.45) is 6.64. The van der Waals surface area contributed by atoms with Crippen LogP contribution < -0.4 is 0 Å². The predicted octanol–water partition coefficient (Wildman–Crippen LogP) is 2.36. The molecule has 0 amide bonds. The van der Waals surface area contributed by atoms with Gasteiger partial charge in [0.25, 0.3) is 0 Å². The molecule has 0 saturated heterocycles. The number of hydrogen-bond acceptors (Lipinski definition) is 1. The zero-order chi connectivity index (χ0) is 7.61. The second-order valence-corrected chi connectivity index (χ2v) is 5.60. The highest BCUT2D eigenvalue weighted by atomic mass is 79.9. The summed E-state index contributed by atoms with van der Waals surface area (Å²) in [7, 11) is 2.65. The minimum absolute atomic E-state index is 0.0905. The lowest BCUT2D eigenvalue weighted by Gasteiger charge is -2.18. The minimum atomic E-state index is -0.0905. The number of allylic oxidation sites excluding steroid dienone is 4. The first-order chi connectivity index (χ1) is 4.64. The summed E-state index contributed by atoms with van der Waals surface area (Å²) in [6, 6.07) is 2.09. The molecule has 0 aromatic rings. The maximum atomic E-state index is 8.52. The zero-order valence-corrected chi connectivity index (χ0v) is 8.08. The minimum Gasteiger partial charge on any atom is -0.192 e. The number of nitrogens with zero attached hydrogens (tertiary/aromatic N) is 1. The summed E-state index contributed by atoms with van der Waals surface area (Å²) in [5.41, 5.74) is 0.720. The summed E-state index contributed by atoms with van der Waals surface area (Å²) in [6.45, 7) is 0. The van der Waals surface area contributed by atoms with Crippen LogP contribution in [0.4, 0.5) is 0 Å². The third-order valence-electron chi connectivity index (χ3n) is 1.25. The Labute approximate surface area is 71.1 Å². The van der Waals surface area contributed by atoms with Gasteiger partial charge in [-0.2, -0.15) is 5.26 Å². The first kappa shape index (κ1) is 7.98. The molecule has 0 aromatic carbocycles. The molecule has 0 N–H and O–H groups in total. The first-order valence-corrected chi connectivity index (χ1v) is 4.28. The van der Waals surface area contributed by atoms with E-state index >= 15 is 0 Å². The first-order valence-electron chi connectivity index (χ1n) is 2.91. The van der Waals surface area contributed by atoms with Crippen molar-refractivity contribution in [3.8, 4) is 6.07 Å². The second-order valence-electron chi connectivity index (χ2n) is 2.24. The van der Waals surface area contributed by atoms with E-state index < -0.39 is 0 Å². The standard InChI is InChI=1S/C7H7BrNP/c8-7(10)3-1-2-6(4-7)5-9/h1-2,4H,3,10H2. The molecule has 3 heteroatoms. The molecule has 1 aliphatic rings. The smallest absolute Gasteiger partial charge is 0.0988 e. The third-order valence-corrected chi connectivity index (χ3v) is 2.21. The Morgan fingerprint density at radius 1 is 1.80 bits per heavy atom. The molecular formula is C7H7BrNP. The number of nitriles is 1. The van der Waals surface area contributed by atoms with Crippen LogP contribution in [0.15, 0.2) is 23.8 Å². The molecule has 0 aliphatic heterocycles. The Bertz CT molecular complexity index is 234. The highest BCUT2D eigenvalue weighted by Crippen LogP contribution is 2.36. The highest BCUT2D eigenvalue weighted by molar-refractivity contribution is 9.11. The van der Waals surface area contributed by atoms with E-state index in [1.165, 1.54) is 0 Å². The van der Waals surface area contributed by atoms with E-state index in [-0.39, 0.29) is 4.07 Å². The summed E-state index contributed by atoms with van der Waals surface area (Å²) >= 11 is 3.46. The molecule has 0 spiro atoms. The van der Waals surface area contributed by atoms with Crippen molar-refractivity contribution >= 4 is 25.2 Å². The topological polar surface area (TPSA) is 23.8 Å². The molecule has 1 nitrogen and oxygen atoms in total. The Morgan fingerprint density at radius 3 is 2.90 bits per heavy atom. The monoisotopic (exact) mass is 215 g/mol. The fourth-order valence-corrected chi connectivity index (χ4v) is 1.55. The Morgan fingerprint density at radius 2 is 2.50 bits per heavy atom. The van der Waals surface area contributed by atoms with Gasteiger partial charge in [-0.25, -0.2) is 0 Å². The Kier molecular flexibility index (Phi) is 2.28. The highest BCUT2D eigenvalue weighted by Gasteiger charge is 2.18. The van der Waals surface area contributed by atoms with Crippen LogP contribution in [0.3, 0.4) is 0 Å². The lowest BCUT2D eigenvalue weighted by molar-refractivity contribution is 1.000. The Balaban J connectivity index is 2.88. The molecule has 0 fully saturated rings. The van der Waals surface area contributed by atoms with Gasteiger partial charge < -0.3 is 0 Å². The van der Waals surface area contributed by atoms with Crippen molar-refractivity contribution in [1.82, 2.24) is 0 Å². The maximum Gasteiger partial charge on any atom is 0.0988 e. The third kappa shape index (κ3) is 1.94. The largest absolute Gasteiger partial charge is 0.192 e. The summed E-state index contributed by atoms with van der Waals surface area (Å²) in [5, 5.41) is 8.52. The molecule has 1 rings (SSSR count). The molecule has 0 saturated carbocycles. The van der Waals surface area contributed by atoms with Crippen LogP contribution in [-0.4, -0.2) is 4.07 Å².